The number of aromatic nitrogens is 2. The molecule has 1 atom stereocenters. The summed E-state index contributed by atoms with van der Waals surface area (Å²) in [6.07, 6.45) is -0.824. The number of aryl methyl sites for hydroxylation is 2. The molecule has 0 spiro atoms. The monoisotopic (exact) mass is 290 g/mol. The molecule has 1 unspecified atom stereocenters. The summed E-state index contributed by atoms with van der Waals surface area (Å²) in [4.78, 5) is 0. The second kappa shape index (κ2) is 4.65. The van der Waals surface area contributed by atoms with E-state index in [-0.39, 0.29) is 0 Å². The van der Waals surface area contributed by atoms with Gasteiger partial charge in [0.05, 0.1) is 5.69 Å². The van der Waals surface area contributed by atoms with Gasteiger partial charge in [0, 0.05) is 28.7 Å². The summed E-state index contributed by atoms with van der Waals surface area (Å²) in [7, 11) is 1.86. The first-order chi connectivity index (χ1) is 9.47. The molecule has 0 amide bonds. The zero-order valence-electron chi connectivity index (χ0n) is 11.5. The third-order valence-electron chi connectivity index (χ3n) is 3.61. The van der Waals surface area contributed by atoms with Crippen LogP contribution < -0.4 is 0 Å². The summed E-state index contributed by atoms with van der Waals surface area (Å²) in [6.45, 7) is 3.81. The lowest BCUT2D eigenvalue weighted by Crippen LogP contribution is -2.01. The van der Waals surface area contributed by atoms with Crippen molar-refractivity contribution in [1.82, 2.24) is 9.78 Å². The lowest BCUT2D eigenvalue weighted by Gasteiger charge is -2.08. The molecule has 5 heteroatoms. The maximum Gasteiger partial charge on any atom is 0.140 e. The standard InChI is InChI=1S/C15H15ClN2O2/c1-8-14(9(2)18(3)17-8)15(19)13-7-10-6-11(16)4-5-12(10)20-13/h4-7,15,19H,1-3H3. The maximum absolute atomic E-state index is 10.6. The highest BCUT2D eigenvalue weighted by Gasteiger charge is 2.22. The lowest BCUT2D eigenvalue weighted by atomic mass is 10.1. The van der Waals surface area contributed by atoms with Gasteiger partial charge in [0.2, 0.25) is 0 Å². The number of fused-ring (bicyclic) bond motifs is 1. The van der Waals surface area contributed by atoms with Crippen LogP contribution in [-0.4, -0.2) is 14.9 Å². The van der Waals surface area contributed by atoms with Gasteiger partial charge in [-0.2, -0.15) is 5.10 Å². The van der Waals surface area contributed by atoms with Crippen LogP contribution in [0.5, 0.6) is 0 Å². The average molecular weight is 291 g/mol. The Kier molecular flexibility index (Phi) is 3.07. The number of aliphatic hydroxyl groups is 1. The van der Waals surface area contributed by atoms with E-state index in [0.717, 1.165) is 22.3 Å². The van der Waals surface area contributed by atoms with E-state index in [1.165, 1.54) is 0 Å². The Morgan fingerprint density at radius 3 is 2.70 bits per heavy atom. The van der Waals surface area contributed by atoms with Crippen LogP contribution in [0.4, 0.5) is 0 Å². The highest BCUT2D eigenvalue weighted by Crippen LogP contribution is 2.32. The molecule has 20 heavy (non-hydrogen) atoms. The van der Waals surface area contributed by atoms with Crippen LogP contribution >= 0.6 is 11.6 Å². The van der Waals surface area contributed by atoms with Crippen molar-refractivity contribution < 1.29 is 9.52 Å². The molecule has 2 aromatic heterocycles. The van der Waals surface area contributed by atoms with Crippen LogP contribution in [0.2, 0.25) is 5.02 Å². The van der Waals surface area contributed by atoms with Crippen molar-refractivity contribution in [1.29, 1.82) is 0 Å². The summed E-state index contributed by atoms with van der Waals surface area (Å²) < 4.78 is 7.47. The number of nitrogens with zero attached hydrogens (tertiary/aromatic N) is 2. The Morgan fingerprint density at radius 1 is 1.30 bits per heavy atom. The van der Waals surface area contributed by atoms with Crippen LogP contribution in [0.15, 0.2) is 28.7 Å². The molecule has 0 aliphatic rings. The summed E-state index contributed by atoms with van der Waals surface area (Å²) in [6, 6.07) is 7.21. The SMILES string of the molecule is Cc1nn(C)c(C)c1C(O)c1cc2cc(Cl)ccc2o1. The minimum atomic E-state index is -0.824. The highest BCUT2D eigenvalue weighted by atomic mass is 35.5. The van der Waals surface area contributed by atoms with Gasteiger partial charge < -0.3 is 9.52 Å². The van der Waals surface area contributed by atoms with Crippen LogP contribution in [0.25, 0.3) is 11.0 Å². The second-order valence-corrected chi connectivity index (χ2v) is 5.38. The van der Waals surface area contributed by atoms with Gasteiger partial charge in [-0.15, -0.1) is 0 Å². The summed E-state index contributed by atoms with van der Waals surface area (Å²) in [5.74, 6) is 0.501. The van der Waals surface area contributed by atoms with Gasteiger partial charge in [0.15, 0.2) is 0 Å². The van der Waals surface area contributed by atoms with Gasteiger partial charge in [-0.3, -0.25) is 4.68 Å². The smallest absolute Gasteiger partial charge is 0.140 e. The summed E-state index contributed by atoms with van der Waals surface area (Å²) >= 11 is 5.96. The first-order valence-electron chi connectivity index (χ1n) is 6.34. The van der Waals surface area contributed by atoms with E-state index in [1.54, 1.807) is 16.8 Å². The fraction of sp³-hybridized carbons (Fsp3) is 0.267. The van der Waals surface area contributed by atoms with Gasteiger partial charge in [-0.05, 0) is 38.1 Å². The van der Waals surface area contributed by atoms with Gasteiger partial charge in [-0.1, -0.05) is 11.6 Å². The third-order valence-corrected chi connectivity index (χ3v) is 3.84. The Labute approximate surface area is 121 Å². The van der Waals surface area contributed by atoms with E-state index in [4.69, 9.17) is 16.0 Å². The molecule has 0 bridgehead atoms. The predicted octanol–water partition coefficient (Wildman–Crippen LogP) is 3.52. The van der Waals surface area contributed by atoms with Gasteiger partial charge in [-0.25, -0.2) is 0 Å². The normalized spacial score (nSPS) is 13.1. The first kappa shape index (κ1) is 13.2. The lowest BCUT2D eigenvalue weighted by molar-refractivity contribution is 0.191. The molecule has 4 nitrogen and oxygen atoms in total. The molecular weight excluding hydrogens is 276 g/mol. The molecule has 0 fully saturated rings. The highest BCUT2D eigenvalue weighted by molar-refractivity contribution is 6.31. The molecule has 104 valence electrons. The van der Waals surface area contributed by atoms with E-state index >= 15 is 0 Å². The Hall–Kier alpha value is -1.78. The van der Waals surface area contributed by atoms with Crippen LogP contribution in [-0.2, 0) is 7.05 Å². The zero-order valence-corrected chi connectivity index (χ0v) is 12.3. The van der Waals surface area contributed by atoms with Gasteiger partial charge in [0.1, 0.15) is 17.4 Å². The Balaban J connectivity index is 2.10. The van der Waals surface area contributed by atoms with Gasteiger partial charge >= 0.3 is 0 Å². The van der Waals surface area contributed by atoms with Crippen LogP contribution in [0.1, 0.15) is 28.8 Å². The van der Waals surface area contributed by atoms with Crippen molar-refractivity contribution in [3.63, 3.8) is 0 Å². The number of rotatable bonds is 2. The van der Waals surface area contributed by atoms with Crippen LogP contribution in [0.3, 0.4) is 0 Å². The fourth-order valence-corrected chi connectivity index (χ4v) is 2.68. The molecule has 0 radical (unpaired) electrons. The average Bonchev–Trinajstić information content (AvgIpc) is 2.91. The van der Waals surface area contributed by atoms with E-state index < -0.39 is 6.10 Å². The van der Waals surface area contributed by atoms with Crippen molar-refractivity contribution in [2.75, 3.05) is 0 Å². The topological polar surface area (TPSA) is 51.2 Å². The van der Waals surface area contributed by atoms with Crippen molar-refractivity contribution in [2.24, 2.45) is 7.05 Å². The first-order valence-corrected chi connectivity index (χ1v) is 6.72. The van der Waals surface area contributed by atoms with E-state index in [2.05, 4.69) is 5.10 Å². The second-order valence-electron chi connectivity index (χ2n) is 4.94. The fourth-order valence-electron chi connectivity index (χ4n) is 2.50. The number of hydrogen-bond donors (Lipinski definition) is 1. The maximum atomic E-state index is 10.6. The molecule has 0 aliphatic carbocycles. The van der Waals surface area contributed by atoms with E-state index in [0.29, 0.717) is 16.4 Å². The molecule has 1 N–H and O–H groups in total. The van der Waals surface area contributed by atoms with Gasteiger partial charge in [0.25, 0.3) is 0 Å². The number of halogens is 1. The number of furan rings is 1. The molecule has 3 aromatic rings. The minimum absolute atomic E-state index is 0.501. The van der Waals surface area contributed by atoms with Crippen molar-refractivity contribution in [2.45, 2.75) is 20.0 Å². The van der Waals surface area contributed by atoms with Crippen LogP contribution in [0, 0.1) is 13.8 Å². The minimum Gasteiger partial charge on any atom is -0.458 e. The summed E-state index contributed by atoms with van der Waals surface area (Å²) in [5, 5.41) is 16.4. The zero-order chi connectivity index (χ0) is 14.4. The van der Waals surface area contributed by atoms with E-state index in [9.17, 15) is 5.11 Å². The Morgan fingerprint density at radius 2 is 2.05 bits per heavy atom. The Bertz CT molecular complexity index is 789. The molecule has 3 rings (SSSR count). The molecule has 0 saturated carbocycles. The molecule has 0 saturated heterocycles. The largest absolute Gasteiger partial charge is 0.458 e. The van der Waals surface area contributed by atoms with Crippen molar-refractivity contribution >= 4 is 22.6 Å². The molecule has 1 aromatic carbocycles. The molecule has 2 heterocycles. The number of benzene rings is 1. The molecular formula is C15H15ClN2O2. The number of hydrogen-bond acceptors (Lipinski definition) is 3. The predicted molar refractivity (Wildman–Crippen MR) is 78.0 cm³/mol. The van der Waals surface area contributed by atoms with Crippen molar-refractivity contribution in [3.05, 3.63) is 52.0 Å². The quantitative estimate of drug-likeness (QED) is 0.785. The third kappa shape index (κ3) is 2.01. The molecule has 0 aliphatic heterocycles. The summed E-state index contributed by atoms with van der Waals surface area (Å²) in [5.41, 5.74) is 3.23. The number of aliphatic hydroxyl groups excluding tert-OH is 1. The van der Waals surface area contributed by atoms with E-state index in [1.807, 2.05) is 33.0 Å². The van der Waals surface area contributed by atoms with Crippen molar-refractivity contribution in [3.8, 4) is 0 Å².